The second-order valence-corrected chi connectivity index (χ2v) is 8.95. The van der Waals surface area contributed by atoms with E-state index >= 15 is 0 Å². The monoisotopic (exact) mass is 451 g/mol. The number of anilines is 1. The molecule has 0 unspecified atom stereocenters. The molecule has 8 heteroatoms. The molecule has 1 N–H and O–H groups in total. The molecule has 0 saturated carbocycles. The lowest BCUT2D eigenvalue weighted by molar-refractivity contribution is 0.299. The van der Waals surface area contributed by atoms with Gasteiger partial charge in [0.1, 0.15) is 11.6 Å². The Bertz CT molecular complexity index is 1140. The van der Waals surface area contributed by atoms with Crippen LogP contribution in [0.25, 0.3) is 0 Å². The van der Waals surface area contributed by atoms with Crippen LogP contribution in [0.5, 0.6) is 0 Å². The molecule has 0 radical (unpaired) electrons. The first-order valence-electron chi connectivity index (χ1n) is 9.19. The average Bonchev–Trinajstić information content (AvgIpc) is 2.71. The van der Waals surface area contributed by atoms with Crippen LogP contribution < -0.4 is 4.31 Å². The van der Waals surface area contributed by atoms with E-state index in [9.17, 15) is 22.3 Å². The Morgan fingerprint density at radius 3 is 2.37 bits per heavy atom. The molecule has 0 aliphatic rings. The minimum absolute atomic E-state index is 0.109. The first-order valence-corrected chi connectivity index (χ1v) is 11.0. The van der Waals surface area contributed by atoms with Gasteiger partial charge in [0.05, 0.1) is 16.6 Å². The molecule has 3 rings (SSSR count). The van der Waals surface area contributed by atoms with Crippen LogP contribution in [0.15, 0.2) is 71.6 Å². The summed E-state index contributed by atoms with van der Waals surface area (Å²) in [5.74, 6) is -1.64. The summed E-state index contributed by atoms with van der Waals surface area (Å²) >= 11 is 5.88. The van der Waals surface area contributed by atoms with Gasteiger partial charge in [-0.3, -0.25) is 4.31 Å². The molecule has 0 aliphatic heterocycles. The van der Waals surface area contributed by atoms with Crippen LogP contribution in [0.3, 0.4) is 0 Å². The van der Waals surface area contributed by atoms with E-state index in [4.69, 9.17) is 11.6 Å². The van der Waals surface area contributed by atoms with Gasteiger partial charge in [0, 0.05) is 17.7 Å². The fourth-order valence-corrected chi connectivity index (χ4v) is 5.10. The molecule has 3 aromatic rings. The largest absolute Gasteiger partial charge is 0.396 e. The Kier molecular flexibility index (Phi) is 6.75. The van der Waals surface area contributed by atoms with E-state index in [2.05, 4.69) is 0 Å². The predicted molar refractivity (Wildman–Crippen MR) is 113 cm³/mol. The van der Waals surface area contributed by atoms with Crippen molar-refractivity contribution in [3.8, 4) is 0 Å². The molecule has 30 heavy (non-hydrogen) atoms. The van der Waals surface area contributed by atoms with Crippen molar-refractivity contribution in [3.63, 3.8) is 0 Å². The Morgan fingerprint density at radius 2 is 1.70 bits per heavy atom. The second kappa shape index (κ2) is 9.12. The first-order chi connectivity index (χ1) is 14.3. The number of nitrogens with zero attached hydrogens (tertiary/aromatic N) is 1. The zero-order valence-electron chi connectivity index (χ0n) is 16.1. The van der Waals surface area contributed by atoms with Crippen LogP contribution in [-0.4, -0.2) is 20.1 Å². The Labute approximate surface area is 179 Å². The van der Waals surface area contributed by atoms with Crippen LogP contribution in [0.2, 0.25) is 5.02 Å². The third-order valence-corrected chi connectivity index (χ3v) is 6.90. The van der Waals surface area contributed by atoms with Gasteiger partial charge in [-0.05, 0) is 60.9 Å². The Morgan fingerprint density at radius 1 is 1.03 bits per heavy atom. The molecule has 0 spiro atoms. The van der Waals surface area contributed by atoms with Crippen molar-refractivity contribution in [1.82, 2.24) is 0 Å². The van der Waals surface area contributed by atoms with Gasteiger partial charge in [-0.25, -0.2) is 17.2 Å². The maximum absolute atomic E-state index is 14.7. The predicted octanol–water partition coefficient (Wildman–Crippen LogP) is 5.11. The fraction of sp³-hybridized carbons (Fsp3) is 0.182. The van der Waals surface area contributed by atoms with Gasteiger partial charge in [0.2, 0.25) is 0 Å². The van der Waals surface area contributed by atoms with E-state index < -0.39 is 33.4 Å². The number of halogens is 3. The third kappa shape index (κ3) is 4.48. The van der Waals surface area contributed by atoms with Gasteiger partial charge in [0.25, 0.3) is 10.0 Å². The van der Waals surface area contributed by atoms with E-state index in [1.54, 1.807) is 31.2 Å². The molecule has 1 atom stereocenters. The van der Waals surface area contributed by atoms with E-state index in [0.29, 0.717) is 22.6 Å². The first kappa shape index (κ1) is 22.2. The minimum Gasteiger partial charge on any atom is -0.396 e. The van der Waals surface area contributed by atoms with Gasteiger partial charge < -0.3 is 5.11 Å². The van der Waals surface area contributed by atoms with Crippen molar-refractivity contribution in [1.29, 1.82) is 0 Å². The Hall–Kier alpha value is -2.48. The van der Waals surface area contributed by atoms with Crippen molar-refractivity contribution in [2.75, 3.05) is 10.9 Å². The smallest absolute Gasteiger partial charge is 0.264 e. The van der Waals surface area contributed by atoms with Crippen molar-refractivity contribution < 1.29 is 22.3 Å². The molecule has 0 saturated heterocycles. The molecule has 4 nitrogen and oxygen atoms in total. The summed E-state index contributed by atoms with van der Waals surface area (Å²) in [6, 6.07) is 14.2. The summed E-state index contributed by atoms with van der Waals surface area (Å²) < 4.78 is 56.6. The average molecular weight is 452 g/mol. The molecule has 158 valence electrons. The van der Waals surface area contributed by atoms with Gasteiger partial charge in [-0.15, -0.1) is 0 Å². The van der Waals surface area contributed by atoms with Crippen molar-refractivity contribution in [3.05, 3.63) is 94.5 Å². The van der Waals surface area contributed by atoms with Gasteiger partial charge in [0.15, 0.2) is 0 Å². The van der Waals surface area contributed by atoms with Crippen molar-refractivity contribution >= 4 is 27.3 Å². The number of benzene rings is 3. The standard InChI is InChI=1S/C22H20ClF2NO3S/c1-15(20-5-3-2-4-16(20)12-13-27)26(22-14-18(24)8-11-21(22)25)30(28,29)19-9-6-17(23)7-10-19/h2-11,14-15,27H,12-13H2,1H3/t15-/m1/s1. The van der Waals surface area contributed by atoms with Crippen molar-refractivity contribution in [2.45, 2.75) is 24.3 Å². The summed E-state index contributed by atoms with van der Waals surface area (Å²) in [6.07, 6.45) is 0.293. The quantitative estimate of drug-likeness (QED) is 0.543. The van der Waals surface area contributed by atoms with E-state index in [0.717, 1.165) is 22.5 Å². The molecule has 0 heterocycles. The van der Waals surface area contributed by atoms with E-state index in [-0.39, 0.29) is 11.5 Å². The summed E-state index contributed by atoms with van der Waals surface area (Å²) in [4.78, 5) is -0.109. The molecule has 0 aromatic heterocycles. The van der Waals surface area contributed by atoms with Crippen LogP contribution >= 0.6 is 11.6 Å². The summed E-state index contributed by atoms with van der Waals surface area (Å²) in [7, 11) is -4.28. The number of aliphatic hydroxyl groups excluding tert-OH is 1. The van der Waals surface area contributed by atoms with Crippen LogP contribution in [0.1, 0.15) is 24.1 Å². The lowest BCUT2D eigenvalue weighted by atomic mass is 9.99. The number of hydrogen-bond acceptors (Lipinski definition) is 3. The third-order valence-electron chi connectivity index (χ3n) is 4.75. The second-order valence-electron chi connectivity index (χ2n) is 6.70. The van der Waals surface area contributed by atoms with Crippen LogP contribution in [0.4, 0.5) is 14.5 Å². The van der Waals surface area contributed by atoms with Crippen molar-refractivity contribution in [2.24, 2.45) is 0 Å². The summed E-state index contributed by atoms with van der Waals surface area (Å²) in [5.41, 5.74) is 0.879. The maximum atomic E-state index is 14.7. The minimum atomic E-state index is -4.28. The highest BCUT2D eigenvalue weighted by Crippen LogP contribution is 2.36. The van der Waals surface area contributed by atoms with Gasteiger partial charge in [-0.2, -0.15) is 0 Å². The summed E-state index contributed by atoms with van der Waals surface area (Å²) in [5, 5.41) is 9.72. The molecule has 0 bridgehead atoms. The Balaban J connectivity index is 2.23. The van der Waals surface area contributed by atoms with E-state index in [1.807, 2.05) is 0 Å². The number of hydrogen-bond donors (Lipinski definition) is 1. The highest BCUT2D eigenvalue weighted by atomic mass is 35.5. The zero-order chi connectivity index (χ0) is 21.9. The van der Waals surface area contributed by atoms with Crippen LogP contribution in [0, 0.1) is 11.6 Å². The fourth-order valence-electron chi connectivity index (χ4n) is 3.34. The van der Waals surface area contributed by atoms with Gasteiger partial charge >= 0.3 is 0 Å². The summed E-state index contributed by atoms with van der Waals surface area (Å²) in [6.45, 7) is 1.45. The molecule has 3 aromatic carbocycles. The highest BCUT2D eigenvalue weighted by Gasteiger charge is 2.33. The molecular formula is C22H20ClF2NO3S. The SMILES string of the molecule is C[C@H](c1ccccc1CCO)N(c1cc(F)ccc1F)S(=O)(=O)c1ccc(Cl)cc1. The topological polar surface area (TPSA) is 57.6 Å². The molecule has 0 amide bonds. The van der Waals surface area contributed by atoms with E-state index in [1.165, 1.54) is 24.3 Å². The number of aliphatic hydroxyl groups is 1. The van der Waals surface area contributed by atoms with Crippen LogP contribution in [-0.2, 0) is 16.4 Å². The lowest BCUT2D eigenvalue weighted by Gasteiger charge is -2.32. The normalized spacial score (nSPS) is 12.6. The number of rotatable bonds is 7. The molecule has 0 fully saturated rings. The number of sulfonamides is 1. The highest BCUT2D eigenvalue weighted by molar-refractivity contribution is 7.92. The zero-order valence-corrected chi connectivity index (χ0v) is 17.7. The molecular weight excluding hydrogens is 432 g/mol. The van der Waals surface area contributed by atoms with Gasteiger partial charge in [-0.1, -0.05) is 35.9 Å². The maximum Gasteiger partial charge on any atom is 0.264 e. The molecule has 0 aliphatic carbocycles. The lowest BCUT2D eigenvalue weighted by Crippen LogP contribution is -2.35.